The minimum absolute atomic E-state index is 0.356. The van der Waals surface area contributed by atoms with E-state index in [4.69, 9.17) is 20.3 Å². The molecule has 0 fully saturated rings. The van der Waals surface area contributed by atoms with Crippen LogP contribution in [0.3, 0.4) is 0 Å². The van der Waals surface area contributed by atoms with Crippen molar-refractivity contribution in [3.63, 3.8) is 0 Å². The average molecular weight is 296 g/mol. The lowest BCUT2D eigenvalue weighted by atomic mass is 10.1. The molecule has 1 aromatic rings. The van der Waals surface area contributed by atoms with E-state index in [1.807, 2.05) is 19.1 Å². The lowest BCUT2D eigenvalue weighted by molar-refractivity contribution is 0.0109. The Labute approximate surface area is 127 Å². The van der Waals surface area contributed by atoms with Gasteiger partial charge in [-0.1, -0.05) is 0 Å². The van der Waals surface area contributed by atoms with Crippen LogP contribution < -0.4 is 10.6 Å². The second-order valence-corrected chi connectivity index (χ2v) is 5.16. The van der Waals surface area contributed by atoms with E-state index >= 15 is 0 Å². The van der Waals surface area contributed by atoms with E-state index in [0.717, 1.165) is 30.0 Å². The van der Waals surface area contributed by atoms with Crippen LogP contribution in [0.15, 0.2) is 18.2 Å². The van der Waals surface area contributed by atoms with Crippen molar-refractivity contribution >= 4 is 11.4 Å². The number of rotatable bonds is 10. The molecule has 1 unspecified atom stereocenters. The normalized spacial score (nSPS) is 12.4. The molecular weight excluding hydrogens is 268 g/mol. The molecule has 0 saturated heterocycles. The Bertz CT molecular complexity index is 411. The van der Waals surface area contributed by atoms with Crippen LogP contribution in [-0.4, -0.2) is 50.7 Å². The van der Waals surface area contributed by atoms with Gasteiger partial charge in [0.15, 0.2) is 0 Å². The van der Waals surface area contributed by atoms with Gasteiger partial charge >= 0.3 is 0 Å². The molecule has 0 radical (unpaired) electrons. The lowest BCUT2D eigenvalue weighted by Gasteiger charge is -2.23. The fourth-order valence-corrected chi connectivity index (χ4v) is 1.97. The fourth-order valence-electron chi connectivity index (χ4n) is 1.97. The van der Waals surface area contributed by atoms with Crippen molar-refractivity contribution in [2.45, 2.75) is 26.9 Å². The van der Waals surface area contributed by atoms with Gasteiger partial charge in [-0.25, -0.2) is 0 Å². The van der Waals surface area contributed by atoms with Crippen molar-refractivity contribution in [3.05, 3.63) is 23.8 Å². The molecule has 0 saturated carbocycles. The number of anilines is 2. The largest absolute Gasteiger partial charge is 0.399 e. The van der Waals surface area contributed by atoms with Gasteiger partial charge in [-0.15, -0.1) is 0 Å². The number of nitrogens with two attached hydrogens (primary N) is 1. The zero-order valence-electron chi connectivity index (χ0n) is 13.3. The molecule has 1 aromatic carbocycles. The van der Waals surface area contributed by atoms with Gasteiger partial charge in [0.25, 0.3) is 0 Å². The molecule has 0 aliphatic heterocycles. The van der Waals surface area contributed by atoms with Crippen molar-refractivity contribution in [3.8, 4) is 0 Å². The minimum atomic E-state index is -0.422. The zero-order valence-corrected chi connectivity index (χ0v) is 13.3. The Hall–Kier alpha value is -1.30. The van der Waals surface area contributed by atoms with Crippen LogP contribution in [0.25, 0.3) is 0 Å². The van der Waals surface area contributed by atoms with Gasteiger partial charge in [0, 0.05) is 24.5 Å². The third-order valence-corrected chi connectivity index (χ3v) is 3.24. The van der Waals surface area contributed by atoms with Gasteiger partial charge in [-0.2, -0.15) is 0 Å². The molecule has 21 heavy (non-hydrogen) atoms. The molecular formula is C16H28N2O3. The number of nitrogens with zero attached hydrogens (tertiary/aromatic N) is 1. The number of nitrogen functional groups attached to an aromatic ring is 1. The molecule has 0 spiro atoms. The number of ether oxygens (including phenoxy) is 2. The Kier molecular flexibility index (Phi) is 8.12. The highest BCUT2D eigenvalue weighted by molar-refractivity contribution is 5.57. The van der Waals surface area contributed by atoms with E-state index in [0.29, 0.717) is 26.4 Å². The van der Waals surface area contributed by atoms with Crippen LogP contribution in [0.5, 0.6) is 0 Å². The van der Waals surface area contributed by atoms with Crippen LogP contribution in [0.4, 0.5) is 11.4 Å². The number of benzene rings is 1. The Morgan fingerprint density at radius 3 is 2.57 bits per heavy atom. The highest BCUT2D eigenvalue weighted by Crippen LogP contribution is 2.20. The van der Waals surface area contributed by atoms with Gasteiger partial charge in [0.2, 0.25) is 0 Å². The number of aliphatic hydroxyl groups excluding tert-OH is 1. The van der Waals surface area contributed by atoms with Crippen LogP contribution in [0.1, 0.15) is 19.4 Å². The molecule has 5 nitrogen and oxygen atoms in total. The second kappa shape index (κ2) is 9.60. The third-order valence-electron chi connectivity index (χ3n) is 3.24. The predicted molar refractivity (Wildman–Crippen MR) is 86.8 cm³/mol. The van der Waals surface area contributed by atoms with E-state index in [2.05, 4.69) is 17.9 Å². The number of aryl methyl sites for hydroxylation is 1. The molecule has 0 aliphatic carbocycles. The van der Waals surface area contributed by atoms with Crippen LogP contribution >= 0.6 is 0 Å². The standard InChI is InChI=1S/C16H28N2O3/c1-4-18(15-5-6-16(17)13(2)11-15)7-8-20-9-10-21-12-14(3)19/h5-6,11,14,19H,4,7-10,12,17H2,1-3H3. The van der Waals surface area contributed by atoms with E-state index in [1.165, 1.54) is 0 Å². The SMILES string of the molecule is CCN(CCOCCOCC(C)O)c1ccc(N)c(C)c1. The van der Waals surface area contributed by atoms with E-state index in [9.17, 15) is 0 Å². The smallest absolute Gasteiger partial charge is 0.0745 e. The zero-order chi connectivity index (χ0) is 15.7. The topological polar surface area (TPSA) is 68.0 Å². The number of likely N-dealkylation sites (N-methyl/N-ethyl adjacent to an activating group) is 1. The molecule has 120 valence electrons. The van der Waals surface area contributed by atoms with Crippen molar-refractivity contribution < 1.29 is 14.6 Å². The van der Waals surface area contributed by atoms with Gasteiger partial charge in [-0.3, -0.25) is 0 Å². The highest BCUT2D eigenvalue weighted by Gasteiger charge is 2.05. The molecule has 3 N–H and O–H groups in total. The summed E-state index contributed by atoms with van der Waals surface area (Å²) in [5.41, 5.74) is 8.93. The molecule has 0 bridgehead atoms. The van der Waals surface area contributed by atoms with Crippen LogP contribution in [0.2, 0.25) is 0 Å². The van der Waals surface area contributed by atoms with Crippen molar-refractivity contribution in [1.82, 2.24) is 0 Å². The summed E-state index contributed by atoms with van der Waals surface area (Å²) in [5.74, 6) is 0. The van der Waals surface area contributed by atoms with Crippen molar-refractivity contribution in [2.75, 3.05) is 50.2 Å². The Balaban J connectivity index is 2.26. The lowest BCUT2D eigenvalue weighted by Crippen LogP contribution is -2.27. The van der Waals surface area contributed by atoms with Crippen LogP contribution in [-0.2, 0) is 9.47 Å². The monoisotopic (exact) mass is 296 g/mol. The summed E-state index contributed by atoms with van der Waals surface area (Å²) >= 11 is 0. The van der Waals surface area contributed by atoms with Crippen molar-refractivity contribution in [2.24, 2.45) is 0 Å². The maximum absolute atomic E-state index is 9.05. The van der Waals surface area contributed by atoms with E-state index in [1.54, 1.807) is 6.92 Å². The van der Waals surface area contributed by atoms with E-state index in [-0.39, 0.29) is 0 Å². The van der Waals surface area contributed by atoms with Gasteiger partial charge < -0.3 is 25.2 Å². The fraction of sp³-hybridized carbons (Fsp3) is 0.625. The molecule has 5 heteroatoms. The van der Waals surface area contributed by atoms with Gasteiger partial charge in [0.05, 0.1) is 32.5 Å². The Morgan fingerprint density at radius 1 is 1.24 bits per heavy atom. The first-order valence-electron chi connectivity index (χ1n) is 7.49. The van der Waals surface area contributed by atoms with E-state index < -0.39 is 6.10 Å². The maximum atomic E-state index is 9.05. The molecule has 1 rings (SSSR count). The molecule has 0 amide bonds. The summed E-state index contributed by atoms with van der Waals surface area (Å²) in [6, 6.07) is 6.08. The molecule has 0 heterocycles. The average Bonchev–Trinajstić information content (AvgIpc) is 2.45. The Morgan fingerprint density at radius 2 is 1.95 bits per heavy atom. The summed E-state index contributed by atoms with van der Waals surface area (Å²) in [6.07, 6.45) is -0.422. The molecule has 0 aliphatic rings. The first kappa shape index (κ1) is 17.8. The van der Waals surface area contributed by atoms with Crippen LogP contribution in [0, 0.1) is 6.92 Å². The first-order valence-corrected chi connectivity index (χ1v) is 7.49. The molecule has 0 aromatic heterocycles. The van der Waals surface area contributed by atoms with Crippen molar-refractivity contribution in [1.29, 1.82) is 0 Å². The molecule has 1 atom stereocenters. The maximum Gasteiger partial charge on any atom is 0.0745 e. The van der Waals surface area contributed by atoms with Gasteiger partial charge in [0.1, 0.15) is 0 Å². The minimum Gasteiger partial charge on any atom is -0.399 e. The summed E-state index contributed by atoms with van der Waals surface area (Å²) in [7, 11) is 0. The quantitative estimate of drug-likeness (QED) is 0.509. The summed E-state index contributed by atoms with van der Waals surface area (Å²) in [4.78, 5) is 2.25. The highest BCUT2D eigenvalue weighted by atomic mass is 16.5. The summed E-state index contributed by atoms with van der Waals surface area (Å²) < 4.78 is 10.8. The number of hydrogen-bond donors (Lipinski definition) is 2. The van der Waals surface area contributed by atoms with Gasteiger partial charge in [-0.05, 0) is 44.5 Å². The third kappa shape index (κ3) is 6.80. The predicted octanol–water partition coefficient (Wildman–Crippen LogP) is 1.82. The first-order chi connectivity index (χ1) is 10.0. The summed E-state index contributed by atoms with van der Waals surface area (Å²) in [6.45, 7) is 9.66. The second-order valence-electron chi connectivity index (χ2n) is 5.16. The summed E-state index contributed by atoms with van der Waals surface area (Å²) in [5, 5.41) is 9.05. The number of hydrogen-bond acceptors (Lipinski definition) is 5. The number of aliphatic hydroxyl groups is 1.